The number of aromatic nitrogens is 2. The molecule has 0 saturated heterocycles. The number of hydrogen-bond acceptors (Lipinski definition) is 6. The van der Waals surface area contributed by atoms with Crippen LogP contribution >= 0.6 is 31.9 Å². The summed E-state index contributed by atoms with van der Waals surface area (Å²) in [6.07, 6.45) is -0.527. The van der Waals surface area contributed by atoms with Crippen molar-refractivity contribution >= 4 is 37.8 Å². The Kier molecular flexibility index (Phi) is 6.23. The van der Waals surface area contributed by atoms with Crippen molar-refractivity contribution in [1.82, 2.24) is 10.3 Å². The van der Waals surface area contributed by atoms with Crippen molar-refractivity contribution in [3.63, 3.8) is 0 Å². The maximum Gasteiger partial charge on any atom is 0.305 e. The summed E-state index contributed by atoms with van der Waals surface area (Å²) in [4.78, 5) is 12.1. The summed E-state index contributed by atoms with van der Waals surface area (Å²) in [5.74, 6) is -0.503. The number of nitrogens with zero attached hydrogens (tertiary/aromatic N) is 3. The zero-order valence-corrected chi connectivity index (χ0v) is 20.8. The summed E-state index contributed by atoms with van der Waals surface area (Å²) in [5.41, 5.74) is 1.25. The second kappa shape index (κ2) is 8.96. The smallest absolute Gasteiger partial charge is 0.305 e. The van der Waals surface area contributed by atoms with Crippen LogP contribution in [0.4, 0.5) is 0 Å². The van der Waals surface area contributed by atoms with Gasteiger partial charge in [-0.05, 0) is 38.1 Å². The van der Waals surface area contributed by atoms with Crippen molar-refractivity contribution in [2.75, 3.05) is 0 Å². The third-order valence-electron chi connectivity index (χ3n) is 5.40. The first-order chi connectivity index (χ1) is 15.8. The van der Waals surface area contributed by atoms with Crippen LogP contribution in [0.15, 0.2) is 66.5 Å². The van der Waals surface area contributed by atoms with Crippen molar-refractivity contribution in [2.45, 2.75) is 25.7 Å². The van der Waals surface area contributed by atoms with Crippen molar-refractivity contribution in [3.05, 3.63) is 80.0 Å². The monoisotopic (exact) mass is 569 g/mol. The second-order valence-corrected chi connectivity index (χ2v) is 9.38. The minimum absolute atomic E-state index is 0.324. The van der Waals surface area contributed by atoms with E-state index in [1.807, 2.05) is 48.5 Å². The number of halogens is 2. The molecular formula is C24H17Br2N3O4. The number of carboxylic acid groups (broad SMARTS) is 1. The molecule has 0 aliphatic rings. The zero-order chi connectivity index (χ0) is 23.8. The Balaban J connectivity index is 2.04. The van der Waals surface area contributed by atoms with Gasteiger partial charge in [-0.15, -0.1) is 0 Å². The standard InChI is InChI=1S/C24H17Br2N3O4/c1-13-20(22(32-28-13)15-3-7-17(25)8-4-15)24(12-27,11-19(30)31)21-14(2)29-33-23(21)16-5-9-18(26)10-6-16/h3-10H,11H2,1-2H3,(H,30,31). The van der Waals surface area contributed by atoms with Crippen molar-refractivity contribution in [3.8, 4) is 28.7 Å². The molecule has 0 aliphatic carbocycles. The molecule has 0 spiro atoms. The summed E-state index contributed by atoms with van der Waals surface area (Å²) in [6.45, 7) is 3.38. The van der Waals surface area contributed by atoms with Gasteiger partial charge in [-0.1, -0.05) is 66.4 Å². The van der Waals surface area contributed by atoms with Crippen molar-refractivity contribution in [1.29, 1.82) is 5.26 Å². The van der Waals surface area contributed by atoms with Gasteiger partial charge in [0.15, 0.2) is 11.5 Å². The van der Waals surface area contributed by atoms with E-state index in [2.05, 4.69) is 48.2 Å². The van der Waals surface area contributed by atoms with E-state index >= 15 is 0 Å². The molecule has 7 nitrogen and oxygen atoms in total. The molecule has 2 heterocycles. The van der Waals surface area contributed by atoms with Crippen molar-refractivity contribution < 1.29 is 18.9 Å². The van der Waals surface area contributed by atoms with Gasteiger partial charge in [-0.2, -0.15) is 5.26 Å². The molecule has 0 saturated carbocycles. The van der Waals surface area contributed by atoms with Gasteiger partial charge in [-0.3, -0.25) is 4.79 Å². The lowest BCUT2D eigenvalue weighted by Gasteiger charge is -2.26. The Morgan fingerprint density at radius 1 is 0.909 bits per heavy atom. The fourth-order valence-corrected chi connectivity index (χ4v) is 4.55. The van der Waals surface area contributed by atoms with Gasteiger partial charge in [0.1, 0.15) is 5.41 Å². The number of hydrogen-bond donors (Lipinski definition) is 1. The van der Waals surface area contributed by atoms with Crippen LogP contribution in [0, 0.1) is 25.2 Å². The van der Waals surface area contributed by atoms with Crippen molar-refractivity contribution in [2.24, 2.45) is 0 Å². The lowest BCUT2D eigenvalue weighted by molar-refractivity contribution is -0.137. The highest BCUT2D eigenvalue weighted by Gasteiger charge is 2.47. The van der Waals surface area contributed by atoms with E-state index in [0.717, 1.165) is 8.95 Å². The molecular weight excluding hydrogens is 554 g/mol. The number of nitriles is 1. The highest BCUT2D eigenvalue weighted by molar-refractivity contribution is 9.10. The number of benzene rings is 2. The molecule has 0 aliphatic heterocycles. The first-order valence-corrected chi connectivity index (χ1v) is 11.4. The van der Waals surface area contributed by atoms with E-state index in [0.29, 0.717) is 45.2 Å². The Morgan fingerprint density at radius 2 is 1.30 bits per heavy atom. The van der Waals surface area contributed by atoms with E-state index in [-0.39, 0.29) is 0 Å². The number of aryl methyl sites for hydroxylation is 2. The van der Waals surface area contributed by atoms with Crippen LogP contribution in [0.2, 0.25) is 0 Å². The van der Waals surface area contributed by atoms with Gasteiger partial charge in [0.05, 0.1) is 23.9 Å². The maximum absolute atomic E-state index is 12.1. The average molecular weight is 571 g/mol. The average Bonchev–Trinajstić information content (AvgIpc) is 3.36. The molecule has 0 radical (unpaired) electrons. The molecule has 4 rings (SSSR count). The van der Waals surface area contributed by atoms with Gasteiger partial charge in [-0.25, -0.2) is 0 Å². The maximum atomic E-state index is 12.1. The molecule has 2 aromatic carbocycles. The first kappa shape index (κ1) is 23.0. The molecule has 2 aromatic heterocycles. The Bertz CT molecular complexity index is 1280. The van der Waals surface area contributed by atoms with Crippen LogP contribution in [-0.4, -0.2) is 21.4 Å². The van der Waals surface area contributed by atoms with Gasteiger partial charge in [0, 0.05) is 31.2 Å². The highest BCUT2D eigenvalue weighted by atomic mass is 79.9. The van der Waals surface area contributed by atoms with E-state index in [9.17, 15) is 15.2 Å². The topological polar surface area (TPSA) is 113 Å². The third-order valence-corrected chi connectivity index (χ3v) is 6.46. The molecule has 9 heteroatoms. The Hall–Kier alpha value is -3.22. The quantitative estimate of drug-likeness (QED) is 0.284. The van der Waals surface area contributed by atoms with Crippen LogP contribution in [-0.2, 0) is 10.2 Å². The van der Waals surface area contributed by atoms with E-state index in [1.165, 1.54) is 0 Å². The molecule has 4 aromatic rings. The van der Waals surface area contributed by atoms with Crippen LogP contribution < -0.4 is 0 Å². The van der Waals surface area contributed by atoms with Gasteiger partial charge in [0.2, 0.25) is 0 Å². The van der Waals surface area contributed by atoms with Crippen LogP contribution in [0.5, 0.6) is 0 Å². The molecule has 0 atom stereocenters. The number of aliphatic carboxylic acids is 1. The second-order valence-electron chi connectivity index (χ2n) is 7.55. The zero-order valence-electron chi connectivity index (χ0n) is 17.6. The van der Waals surface area contributed by atoms with Gasteiger partial charge in [0.25, 0.3) is 0 Å². The predicted octanol–water partition coefficient (Wildman–Crippen LogP) is 6.42. The fourth-order valence-electron chi connectivity index (χ4n) is 4.02. The van der Waals surface area contributed by atoms with Crippen LogP contribution in [0.3, 0.4) is 0 Å². The SMILES string of the molecule is Cc1noc(-c2ccc(Br)cc2)c1C(C#N)(CC(=O)O)c1c(C)noc1-c1ccc(Br)cc1. The summed E-state index contributed by atoms with van der Waals surface area (Å²) < 4.78 is 13.0. The van der Waals surface area contributed by atoms with Gasteiger partial charge < -0.3 is 14.2 Å². The minimum Gasteiger partial charge on any atom is -0.481 e. The number of rotatable bonds is 6. The normalized spacial score (nSPS) is 11.4. The van der Waals surface area contributed by atoms with E-state index in [4.69, 9.17) is 9.05 Å². The molecule has 0 fully saturated rings. The first-order valence-electron chi connectivity index (χ1n) is 9.85. The Labute approximate surface area is 206 Å². The highest BCUT2D eigenvalue weighted by Crippen LogP contribution is 2.47. The lowest BCUT2D eigenvalue weighted by Crippen LogP contribution is -2.31. The number of carboxylic acids is 1. The fraction of sp³-hybridized carbons (Fsp3) is 0.167. The molecule has 0 unspecified atom stereocenters. The Morgan fingerprint density at radius 3 is 1.64 bits per heavy atom. The van der Waals surface area contributed by atoms with Gasteiger partial charge >= 0.3 is 5.97 Å². The van der Waals surface area contributed by atoms with Crippen LogP contribution in [0.1, 0.15) is 28.9 Å². The largest absolute Gasteiger partial charge is 0.481 e. The molecule has 0 bridgehead atoms. The molecule has 33 heavy (non-hydrogen) atoms. The summed E-state index contributed by atoms with van der Waals surface area (Å²) in [5, 5.41) is 28.7. The lowest BCUT2D eigenvalue weighted by atomic mass is 9.70. The third kappa shape index (κ3) is 4.12. The minimum atomic E-state index is -1.66. The van der Waals surface area contributed by atoms with Crippen LogP contribution in [0.25, 0.3) is 22.6 Å². The number of carbonyl (C=O) groups is 1. The molecule has 0 amide bonds. The predicted molar refractivity (Wildman–Crippen MR) is 127 cm³/mol. The summed E-state index contributed by atoms with van der Waals surface area (Å²) in [6, 6.07) is 16.9. The summed E-state index contributed by atoms with van der Waals surface area (Å²) in [7, 11) is 0. The molecule has 1 N–H and O–H groups in total. The van der Waals surface area contributed by atoms with E-state index < -0.39 is 17.8 Å². The van der Waals surface area contributed by atoms with E-state index in [1.54, 1.807) is 13.8 Å². The molecule has 166 valence electrons. The summed E-state index contributed by atoms with van der Waals surface area (Å²) >= 11 is 6.82.